The minimum atomic E-state index is -0.642. The number of nitrogens with two attached hydrogens (primary N) is 1. The standard InChI is InChI=1S/C10H17N5O3/c1-6(2)3-7(5-16)13-10-12-4-8(15(17)18)9(11)14-10/h4,6-7,16H,3,5H2,1-2H3,(H3,11,12,13,14)/t7-/m0/s1. The summed E-state index contributed by atoms with van der Waals surface area (Å²) in [6.45, 7) is 3.98. The summed E-state index contributed by atoms with van der Waals surface area (Å²) in [4.78, 5) is 17.5. The van der Waals surface area contributed by atoms with E-state index in [4.69, 9.17) is 5.73 Å². The van der Waals surface area contributed by atoms with Crippen LogP contribution in [0.15, 0.2) is 6.20 Å². The minimum absolute atomic E-state index is 0.0710. The molecule has 1 aromatic rings. The van der Waals surface area contributed by atoms with Crippen molar-refractivity contribution in [2.45, 2.75) is 26.3 Å². The molecule has 8 nitrogen and oxygen atoms in total. The van der Waals surface area contributed by atoms with Gasteiger partial charge >= 0.3 is 5.69 Å². The molecule has 4 N–H and O–H groups in total. The molecule has 18 heavy (non-hydrogen) atoms. The smallest absolute Gasteiger partial charge is 0.329 e. The highest BCUT2D eigenvalue weighted by Gasteiger charge is 2.16. The molecule has 0 amide bonds. The third kappa shape index (κ3) is 3.81. The van der Waals surface area contributed by atoms with Gasteiger partial charge in [-0.2, -0.15) is 4.98 Å². The first-order valence-corrected chi connectivity index (χ1v) is 5.58. The van der Waals surface area contributed by atoms with Gasteiger partial charge in [-0.1, -0.05) is 13.8 Å². The molecular weight excluding hydrogens is 238 g/mol. The third-order valence-corrected chi connectivity index (χ3v) is 2.30. The maximum atomic E-state index is 10.5. The lowest BCUT2D eigenvalue weighted by Gasteiger charge is -2.17. The lowest BCUT2D eigenvalue weighted by molar-refractivity contribution is -0.384. The van der Waals surface area contributed by atoms with Crippen LogP contribution in [-0.4, -0.2) is 32.6 Å². The summed E-state index contributed by atoms with van der Waals surface area (Å²) in [6.07, 6.45) is 1.78. The summed E-state index contributed by atoms with van der Waals surface area (Å²) in [5.74, 6) is 0.376. The average molecular weight is 255 g/mol. The third-order valence-electron chi connectivity index (χ3n) is 2.30. The molecule has 1 heterocycles. The largest absolute Gasteiger partial charge is 0.394 e. The van der Waals surface area contributed by atoms with Crippen LogP contribution in [-0.2, 0) is 0 Å². The summed E-state index contributed by atoms with van der Waals surface area (Å²) in [6, 6.07) is -0.203. The van der Waals surface area contributed by atoms with Gasteiger partial charge in [0.2, 0.25) is 11.8 Å². The molecule has 0 saturated carbocycles. The Balaban J connectivity index is 2.78. The first-order valence-electron chi connectivity index (χ1n) is 5.58. The molecule has 0 unspecified atom stereocenters. The summed E-state index contributed by atoms with van der Waals surface area (Å²) < 4.78 is 0. The number of hydrogen-bond acceptors (Lipinski definition) is 7. The van der Waals surface area contributed by atoms with E-state index in [1.807, 2.05) is 13.8 Å². The van der Waals surface area contributed by atoms with Crippen LogP contribution in [0.2, 0.25) is 0 Å². The summed E-state index contributed by atoms with van der Waals surface area (Å²) >= 11 is 0. The highest BCUT2D eigenvalue weighted by molar-refractivity contribution is 5.53. The monoisotopic (exact) mass is 255 g/mol. The molecule has 8 heteroatoms. The zero-order chi connectivity index (χ0) is 13.7. The van der Waals surface area contributed by atoms with Crippen LogP contribution in [0.5, 0.6) is 0 Å². The van der Waals surface area contributed by atoms with Crippen molar-refractivity contribution in [2.75, 3.05) is 17.7 Å². The van der Waals surface area contributed by atoms with Crippen LogP contribution < -0.4 is 11.1 Å². The Hall–Kier alpha value is -1.96. The second-order valence-corrected chi connectivity index (χ2v) is 4.37. The highest BCUT2D eigenvalue weighted by atomic mass is 16.6. The van der Waals surface area contributed by atoms with E-state index in [0.29, 0.717) is 5.92 Å². The number of nitrogen functional groups attached to an aromatic ring is 1. The first kappa shape index (κ1) is 14.1. The number of aromatic nitrogens is 2. The van der Waals surface area contributed by atoms with Crippen LogP contribution in [0.4, 0.5) is 17.5 Å². The minimum Gasteiger partial charge on any atom is -0.394 e. The van der Waals surface area contributed by atoms with Crippen molar-refractivity contribution < 1.29 is 10.0 Å². The van der Waals surface area contributed by atoms with Crippen molar-refractivity contribution in [3.05, 3.63) is 16.3 Å². The number of nitrogens with zero attached hydrogens (tertiary/aromatic N) is 3. The van der Waals surface area contributed by atoms with E-state index in [9.17, 15) is 15.2 Å². The zero-order valence-electron chi connectivity index (χ0n) is 10.3. The van der Waals surface area contributed by atoms with Crippen LogP contribution in [0.3, 0.4) is 0 Å². The van der Waals surface area contributed by atoms with E-state index in [2.05, 4.69) is 15.3 Å². The lowest BCUT2D eigenvalue weighted by Crippen LogP contribution is -2.26. The topological polar surface area (TPSA) is 127 Å². The number of nitrogens with one attached hydrogen (secondary N) is 1. The number of rotatable bonds is 6. The van der Waals surface area contributed by atoms with Crippen molar-refractivity contribution in [3.63, 3.8) is 0 Å². The van der Waals surface area contributed by atoms with Crippen molar-refractivity contribution in [3.8, 4) is 0 Å². The van der Waals surface area contributed by atoms with Gasteiger partial charge in [-0.05, 0) is 12.3 Å². The van der Waals surface area contributed by atoms with Gasteiger partial charge in [0.25, 0.3) is 0 Å². The van der Waals surface area contributed by atoms with Crippen LogP contribution in [0, 0.1) is 16.0 Å². The summed E-state index contributed by atoms with van der Waals surface area (Å²) in [5.41, 5.74) is 5.12. The van der Waals surface area contributed by atoms with E-state index >= 15 is 0 Å². The Morgan fingerprint density at radius 3 is 2.72 bits per heavy atom. The van der Waals surface area contributed by atoms with Crippen LogP contribution in [0.1, 0.15) is 20.3 Å². The molecule has 1 rings (SSSR count). The van der Waals surface area contributed by atoms with Crippen molar-refractivity contribution in [2.24, 2.45) is 5.92 Å². The molecule has 0 radical (unpaired) electrons. The summed E-state index contributed by atoms with van der Waals surface area (Å²) in [7, 11) is 0. The Labute approximate surface area is 104 Å². The van der Waals surface area contributed by atoms with E-state index in [1.54, 1.807) is 0 Å². The molecule has 0 bridgehead atoms. The zero-order valence-corrected chi connectivity index (χ0v) is 10.3. The molecule has 0 aliphatic rings. The number of anilines is 2. The predicted octanol–water partition coefficient (Wildman–Crippen LogP) is 0.786. The van der Waals surface area contributed by atoms with Gasteiger partial charge in [0, 0.05) is 0 Å². The average Bonchev–Trinajstić information content (AvgIpc) is 2.27. The number of aliphatic hydroxyl groups excluding tert-OH is 1. The van der Waals surface area contributed by atoms with Crippen LogP contribution >= 0.6 is 0 Å². The molecule has 1 atom stereocenters. The van der Waals surface area contributed by atoms with Gasteiger partial charge < -0.3 is 16.2 Å². The van der Waals surface area contributed by atoms with Gasteiger partial charge in [-0.25, -0.2) is 4.98 Å². The Morgan fingerprint density at radius 1 is 1.61 bits per heavy atom. The summed E-state index contributed by atoms with van der Waals surface area (Å²) in [5, 5.41) is 22.6. The van der Waals surface area contributed by atoms with E-state index in [0.717, 1.165) is 12.6 Å². The maximum Gasteiger partial charge on any atom is 0.329 e. The number of aliphatic hydroxyl groups is 1. The SMILES string of the molecule is CC(C)C[C@@H](CO)Nc1ncc([N+](=O)[O-])c(N)n1. The molecule has 0 aromatic carbocycles. The number of nitro groups is 1. The molecule has 1 aromatic heterocycles. The lowest BCUT2D eigenvalue weighted by atomic mass is 10.0. The highest BCUT2D eigenvalue weighted by Crippen LogP contribution is 2.19. The molecule has 0 spiro atoms. The molecule has 0 saturated heterocycles. The van der Waals surface area contributed by atoms with Crippen molar-refractivity contribution in [1.29, 1.82) is 0 Å². The Kier molecular flexibility index (Phi) is 4.78. The normalized spacial score (nSPS) is 12.4. The fourth-order valence-corrected chi connectivity index (χ4v) is 1.53. The molecule has 100 valence electrons. The van der Waals surface area contributed by atoms with Crippen molar-refractivity contribution in [1.82, 2.24) is 9.97 Å². The van der Waals surface area contributed by atoms with E-state index < -0.39 is 4.92 Å². The van der Waals surface area contributed by atoms with Gasteiger partial charge in [-0.15, -0.1) is 0 Å². The molecule has 0 aliphatic heterocycles. The van der Waals surface area contributed by atoms with E-state index in [-0.39, 0.29) is 30.1 Å². The first-order chi connectivity index (χ1) is 8.43. The van der Waals surface area contributed by atoms with Crippen molar-refractivity contribution >= 4 is 17.5 Å². The van der Waals surface area contributed by atoms with Gasteiger partial charge in [-0.3, -0.25) is 10.1 Å². The molecular formula is C10H17N5O3. The van der Waals surface area contributed by atoms with Crippen LogP contribution in [0.25, 0.3) is 0 Å². The van der Waals surface area contributed by atoms with Gasteiger partial charge in [0.05, 0.1) is 17.6 Å². The van der Waals surface area contributed by atoms with Gasteiger partial charge in [0.15, 0.2) is 0 Å². The maximum absolute atomic E-state index is 10.5. The van der Waals surface area contributed by atoms with E-state index in [1.165, 1.54) is 0 Å². The Morgan fingerprint density at radius 2 is 2.28 bits per heavy atom. The molecule has 0 aliphatic carbocycles. The molecule has 0 fully saturated rings. The quantitative estimate of drug-likeness (QED) is 0.506. The second kappa shape index (κ2) is 6.10. The number of hydrogen-bond donors (Lipinski definition) is 3. The fourth-order valence-electron chi connectivity index (χ4n) is 1.53. The van der Waals surface area contributed by atoms with Gasteiger partial charge in [0.1, 0.15) is 6.20 Å². The fraction of sp³-hybridized carbons (Fsp3) is 0.600. The Bertz CT molecular complexity index is 424. The predicted molar refractivity (Wildman–Crippen MR) is 67.1 cm³/mol. The second-order valence-electron chi connectivity index (χ2n) is 4.37.